The van der Waals surface area contributed by atoms with Crippen LogP contribution in [0, 0.1) is 11.6 Å². The summed E-state index contributed by atoms with van der Waals surface area (Å²) in [6.45, 7) is 1.64. The Morgan fingerprint density at radius 2 is 1.78 bits per heavy atom. The Kier molecular flexibility index (Phi) is 6.50. The van der Waals surface area contributed by atoms with Crippen LogP contribution in [0.2, 0.25) is 0 Å². The van der Waals surface area contributed by atoms with Gasteiger partial charge in [-0.05, 0) is 24.3 Å². The maximum Gasteiger partial charge on any atom is 0.242 e. The van der Waals surface area contributed by atoms with Gasteiger partial charge in [-0.3, -0.25) is 14.2 Å². The summed E-state index contributed by atoms with van der Waals surface area (Å²) in [5.74, 6) is -0.817. The number of fused-ring (bicyclic) bond motifs is 1. The van der Waals surface area contributed by atoms with Crippen molar-refractivity contribution in [3.8, 4) is 11.3 Å². The van der Waals surface area contributed by atoms with Crippen molar-refractivity contribution >= 4 is 32.9 Å². The number of aromatic nitrogens is 3. The van der Waals surface area contributed by atoms with E-state index in [2.05, 4.69) is 15.3 Å². The lowest BCUT2D eigenvalue weighted by Gasteiger charge is -2.36. The fourth-order valence-electron chi connectivity index (χ4n) is 4.34. The molecule has 2 aromatic heterocycles. The number of hydrogen-bond donors (Lipinski definition) is 1. The Hall–Kier alpha value is -4.06. The van der Waals surface area contributed by atoms with Crippen LogP contribution in [-0.2, 0) is 14.6 Å². The summed E-state index contributed by atoms with van der Waals surface area (Å²) >= 11 is 0. The zero-order valence-electron chi connectivity index (χ0n) is 19.9. The summed E-state index contributed by atoms with van der Waals surface area (Å²) in [6, 6.07) is 9.87. The number of piperazine rings is 1. The first-order valence-corrected chi connectivity index (χ1v) is 13.4. The summed E-state index contributed by atoms with van der Waals surface area (Å²) in [5.41, 5.74) is 2.12. The third-order valence-corrected chi connectivity index (χ3v) is 7.40. The summed E-state index contributed by atoms with van der Waals surface area (Å²) < 4.78 is 52.8. The van der Waals surface area contributed by atoms with Gasteiger partial charge in [-0.25, -0.2) is 22.2 Å². The molecule has 4 aromatic rings. The molecule has 192 valence electrons. The van der Waals surface area contributed by atoms with Crippen molar-refractivity contribution in [3.63, 3.8) is 0 Å². The first-order valence-electron chi connectivity index (χ1n) is 11.5. The van der Waals surface area contributed by atoms with Crippen LogP contribution in [0.15, 0.2) is 66.0 Å². The number of nitrogens with one attached hydrogen (secondary N) is 1. The van der Waals surface area contributed by atoms with Crippen molar-refractivity contribution < 1.29 is 22.0 Å². The molecule has 37 heavy (non-hydrogen) atoms. The molecule has 5 rings (SSSR count). The van der Waals surface area contributed by atoms with Crippen molar-refractivity contribution in [3.05, 3.63) is 72.7 Å². The Bertz CT molecular complexity index is 1570. The van der Waals surface area contributed by atoms with E-state index >= 15 is 0 Å². The van der Waals surface area contributed by atoms with E-state index in [1.807, 2.05) is 0 Å². The molecule has 0 unspecified atom stereocenters. The largest absolute Gasteiger partial charge is 0.366 e. The Morgan fingerprint density at radius 1 is 1.05 bits per heavy atom. The van der Waals surface area contributed by atoms with Gasteiger partial charge in [-0.2, -0.15) is 0 Å². The predicted octanol–water partition coefficient (Wildman–Crippen LogP) is 2.84. The van der Waals surface area contributed by atoms with Crippen molar-refractivity contribution in [2.24, 2.45) is 0 Å². The highest BCUT2D eigenvalue weighted by Crippen LogP contribution is 2.29. The van der Waals surface area contributed by atoms with Gasteiger partial charge in [0, 0.05) is 56.5 Å². The molecule has 3 heterocycles. The zero-order valence-corrected chi connectivity index (χ0v) is 20.8. The third kappa shape index (κ3) is 5.10. The van der Waals surface area contributed by atoms with E-state index in [1.54, 1.807) is 44.9 Å². The molecule has 0 bridgehead atoms. The molecule has 1 amide bonds. The maximum absolute atomic E-state index is 14.1. The normalized spacial score (nSPS) is 14.2. The number of nitrogens with zero attached hydrogens (tertiary/aromatic N) is 5. The zero-order chi connectivity index (χ0) is 26.2. The Labute approximate surface area is 212 Å². The lowest BCUT2D eigenvalue weighted by atomic mass is 10.1. The minimum atomic E-state index is -3.34. The highest BCUT2D eigenvalue weighted by Gasteiger charge is 2.24. The number of benzene rings is 2. The number of halogens is 2. The fourth-order valence-corrected chi connectivity index (χ4v) is 4.97. The molecular weight excluding hydrogens is 502 g/mol. The number of amides is 1. The van der Waals surface area contributed by atoms with Gasteiger partial charge in [0.25, 0.3) is 0 Å². The number of rotatable bonds is 6. The van der Waals surface area contributed by atoms with Gasteiger partial charge in [-0.1, -0.05) is 12.1 Å². The van der Waals surface area contributed by atoms with Crippen LogP contribution in [0.5, 0.6) is 0 Å². The second kappa shape index (κ2) is 9.77. The van der Waals surface area contributed by atoms with Crippen molar-refractivity contribution in [1.29, 1.82) is 0 Å². The van der Waals surface area contributed by atoms with Gasteiger partial charge in [0.05, 0.1) is 23.3 Å². The van der Waals surface area contributed by atoms with Gasteiger partial charge >= 0.3 is 0 Å². The van der Waals surface area contributed by atoms with Crippen LogP contribution in [0.1, 0.15) is 0 Å². The molecule has 9 nitrogen and oxygen atoms in total. The van der Waals surface area contributed by atoms with E-state index in [0.29, 0.717) is 54.6 Å². The van der Waals surface area contributed by atoms with Crippen LogP contribution in [-0.4, -0.2) is 72.6 Å². The van der Waals surface area contributed by atoms with E-state index < -0.39 is 21.5 Å². The van der Waals surface area contributed by atoms with Crippen molar-refractivity contribution in [1.82, 2.24) is 19.3 Å². The summed E-state index contributed by atoms with van der Waals surface area (Å²) in [5, 5.41) is 3.18. The van der Waals surface area contributed by atoms with Gasteiger partial charge in [0.1, 0.15) is 23.1 Å². The van der Waals surface area contributed by atoms with E-state index in [9.17, 15) is 22.0 Å². The second-order valence-corrected chi connectivity index (χ2v) is 10.7. The maximum atomic E-state index is 14.1. The predicted molar refractivity (Wildman–Crippen MR) is 135 cm³/mol. The number of imidazole rings is 1. The molecule has 0 saturated carbocycles. The third-order valence-electron chi connectivity index (χ3n) is 6.28. The lowest BCUT2D eigenvalue weighted by Crippen LogP contribution is -2.50. The molecule has 0 atom stereocenters. The number of anilines is 2. The monoisotopic (exact) mass is 526 g/mol. The van der Waals surface area contributed by atoms with Gasteiger partial charge < -0.3 is 15.1 Å². The van der Waals surface area contributed by atoms with Gasteiger partial charge in [0.2, 0.25) is 5.91 Å². The molecule has 1 N–H and O–H groups in total. The quantitative estimate of drug-likeness (QED) is 0.413. The molecule has 1 aliphatic rings. The first kappa shape index (κ1) is 24.6. The lowest BCUT2D eigenvalue weighted by molar-refractivity contribution is -0.129. The first-order chi connectivity index (χ1) is 17.7. The SMILES string of the molecule is CS(=O)(=O)c1ccc(-c2nc3cnccn3c2NCC(=O)N2CCN(c3ccc(F)cc3F)CC2)cc1. The van der Waals surface area contributed by atoms with E-state index in [0.717, 1.165) is 12.3 Å². The Balaban J connectivity index is 1.30. The van der Waals surface area contributed by atoms with Crippen molar-refractivity contribution in [2.75, 3.05) is 49.2 Å². The van der Waals surface area contributed by atoms with Crippen LogP contribution in [0.25, 0.3) is 16.9 Å². The molecule has 1 aliphatic heterocycles. The van der Waals surface area contributed by atoms with Gasteiger partial charge in [-0.15, -0.1) is 0 Å². The highest BCUT2D eigenvalue weighted by molar-refractivity contribution is 7.90. The topological polar surface area (TPSA) is 99.9 Å². The molecule has 1 fully saturated rings. The molecule has 0 aliphatic carbocycles. The van der Waals surface area contributed by atoms with Crippen LogP contribution in [0.4, 0.5) is 20.3 Å². The van der Waals surface area contributed by atoms with Crippen molar-refractivity contribution in [2.45, 2.75) is 4.90 Å². The number of carbonyl (C=O) groups is 1. The van der Waals surface area contributed by atoms with Crippen LogP contribution >= 0.6 is 0 Å². The fraction of sp³-hybridized carbons (Fsp3) is 0.240. The highest BCUT2D eigenvalue weighted by atomic mass is 32.2. The Morgan fingerprint density at radius 3 is 2.46 bits per heavy atom. The molecule has 0 radical (unpaired) electrons. The van der Waals surface area contributed by atoms with Gasteiger partial charge in [0.15, 0.2) is 15.5 Å². The number of sulfone groups is 1. The average molecular weight is 527 g/mol. The minimum Gasteiger partial charge on any atom is -0.366 e. The second-order valence-electron chi connectivity index (χ2n) is 8.73. The summed E-state index contributed by atoms with van der Waals surface area (Å²) in [7, 11) is -3.34. The standard InChI is InChI=1S/C25H24F2N6O3S/c1-37(35,36)19-5-2-17(3-6-19)24-25(33-9-8-28-15-22(33)30-24)29-16-23(34)32-12-10-31(11-13-32)21-7-4-18(26)14-20(21)27/h2-9,14-15,29H,10-13,16H2,1H3. The van der Waals surface area contributed by atoms with E-state index in [-0.39, 0.29) is 17.3 Å². The molecular formula is C25H24F2N6O3S. The van der Waals surface area contributed by atoms with E-state index in [4.69, 9.17) is 0 Å². The van der Waals surface area contributed by atoms with Crippen LogP contribution < -0.4 is 10.2 Å². The molecule has 12 heteroatoms. The number of hydrogen-bond acceptors (Lipinski definition) is 7. The summed E-state index contributed by atoms with van der Waals surface area (Å²) in [4.78, 5) is 25.4. The molecule has 1 saturated heterocycles. The van der Waals surface area contributed by atoms with E-state index in [1.165, 1.54) is 24.3 Å². The smallest absolute Gasteiger partial charge is 0.242 e. The number of carbonyl (C=O) groups excluding carboxylic acids is 1. The summed E-state index contributed by atoms with van der Waals surface area (Å²) in [6.07, 6.45) is 6.06. The molecule has 0 spiro atoms. The average Bonchev–Trinajstić information content (AvgIpc) is 3.25. The minimum absolute atomic E-state index is 0.00452. The molecule has 2 aromatic carbocycles. The van der Waals surface area contributed by atoms with Crippen LogP contribution in [0.3, 0.4) is 0 Å².